The van der Waals surface area contributed by atoms with Gasteiger partial charge in [-0.3, -0.25) is 4.79 Å². The molecule has 1 amide bonds. The first-order valence-electron chi connectivity index (χ1n) is 8.84. The lowest BCUT2D eigenvalue weighted by Crippen LogP contribution is -2.36. The normalized spacial score (nSPS) is 13.2. The Balaban J connectivity index is 1.77. The van der Waals surface area contributed by atoms with Gasteiger partial charge < -0.3 is 19.1 Å². The third kappa shape index (κ3) is 3.99. The van der Waals surface area contributed by atoms with Gasteiger partial charge >= 0.3 is 0 Å². The molecule has 3 rings (SSSR count). The van der Waals surface area contributed by atoms with Crippen LogP contribution in [-0.2, 0) is 4.79 Å². The highest BCUT2D eigenvalue weighted by atomic mass is 16.5. The zero-order chi connectivity index (χ0) is 18.4. The molecule has 0 aliphatic carbocycles. The summed E-state index contributed by atoms with van der Waals surface area (Å²) in [4.78, 5) is 14.4. The van der Waals surface area contributed by atoms with Crippen LogP contribution < -0.4 is 19.1 Å². The van der Waals surface area contributed by atoms with Crippen LogP contribution in [0.1, 0.15) is 19.4 Å². The van der Waals surface area contributed by atoms with Crippen molar-refractivity contribution in [3.8, 4) is 17.2 Å². The maximum atomic E-state index is 12.6. The van der Waals surface area contributed by atoms with Crippen molar-refractivity contribution in [1.29, 1.82) is 0 Å². The second-order valence-corrected chi connectivity index (χ2v) is 5.71. The fourth-order valence-corrected chi connectivity index (χ4v) is 2.83. The molecular weight excluding hydrogens is 330 g/mol. The molecule has 2 aromatic rings. The van der Waals surface area contributed by atoms with Gasteiger partial charge in [-0.25, -0.2) is 0 Å². The number of ether oxygens (including phenoxy) is 3. The number of hydrogen-bond donors (Lipinski definition) is 0. The van der Waals surface area contributed by atoms with Crippen molar-refractivity contribution in [2.24, 2.45) is 0 Å². The lowest BCUT2D eigenvalue weighted by Gasteiger charge is -2.28. The standard InChI is InChI=1S/C21H23NO4/c1-3-24-19-11-9-16(15-20(19)25-4-2)10-12-21(23)22-13-14-26-18-8-6-5-7-17(18)22/h5-12,15H,3-4,13-14H2,1-2H3/b12-10+. The average Bonchev–Trinajstić information content (AvgIpc) is 2.67. The number of para-hydroxylation sites is 2. The van der Waals surface area contributed by atoms with Crippen LogP contribution >= 0.6 is 0 Å². The van der Waals surface area contributed by atoms with Crippen molar-refractivity contribution in [3.05, 3.63) is 54.1 Å². The minimum atomic E-state index is -0.0763. The third-order valence-corrected chi connectivity index (χ3v) is 3.98. The Bertz CT molecular complexity index is 800. The van der Waals surface area contributed by atoms with Gasteiger partial charge in [0.1, 0.15) is 12.4 Å². The minimum Gasteiger partial charge on any atom is -0.490 e. The lowest BCUT2D eigenvalue weighted by atomic mass is 10.1. The van der Waals surface area contributed by atoms with Gasteiger partial charge in [0.2, 0.25) is 0 Å². The monoisotopic (exact) mass is 353 g/mol. The first-order valence-corrected chi connectivity index (χ1v) is 8.84. The van der Waals surface area contributed by atoms with E-state index in [1.165, 1.54) is 0 Å². The highest BCUT2D eigenvalue weighted by Crippen LogP contribution is 2.32. The lowest BCUT2D eigenvalue weighted by molar-refractivity contribution is -0.114. The average molecular weight is 353 g/mol. The van der Waals surface area contributed by atoms with E-state index in [2.05, 4.69) is 0 Å². The molecule has 1 aliphatic rings. The van der Waals surface area contributed by atoms with Crippen LogP contribution in [0.15, 0.2) is 48.5 Å². The maximum Gasteiger partial charge on any atom is 0.251 e. The summed E-state index contributed by atoms with van der Waals surface area (Å²) < 4.78 is 16.8. The summed E-state index contributed by atoms with van der Waals surface area (Å²) in [7, 11) is 0. The molecular formula is C21H23NO4. The molecule has 0 spiro atoms. The summed E-state index contributed by atoms with van der Waals surface area (Å²) in [5.41, 5.74) is 1.68. The first-order chi connectivity index (χ1) is 12.7. The van der Waals surface area contributed by atoms with E-state index in [9.17, 15) is 4.79 Å². The third-order valence-electron chi connectivity index (χ3n) is 3.98. The molecule has 136 valence electrons. The zero-order valence-electron chi connectivity index (χ0n) is 15.1. The smallest absolute Gasteiger partial charge is 0.251 e. The van der Waals surface area contributed by atoms with Gasteiger partial charge in [0.15, 0.2) is 11.5 Å². The number of carbonyl (C=O) groups is 1. The molecule has 5 heteroatoms. The van der Waals surface area contributed by atoms with E-state index in [0.29, 0.717) is 37.9 Å². The van der Waals surface area contributed by atoms with Crippen molar-refractivity contribution < 1.29 is 19.0 Å². The minimum absolute atomic E-state index is 0.0763. The van der Waals surface area contributed by atoms with Gasteiger partial charge in [-0.05, 0) is 49.8 Å². The fourth-order valence-electron chi connectivity index (χ4n) is 2.83. The summed E-state index contributed by atoms with van der Waals surface area (Å²) in [5, 5.41) is 0. The van der Waals surface area contributed by atoms with Gasteiger partial charge in [-0.15, -0.1) is 0 Å². The van der Waals surface area contributed by atoms with Crippen molar-refractivity contribution in [1.82, 2.24) is 0 Å². The SMILES string of the molecule is CCOc1ccc(/C=C/C(=O)N2CCOc3ccccc32)cc1OCC. The number of hydrogen-bond acceptors (Lipinski definition) is 4. The van der Waals surface area contributed by atoms with Crippen LogP contribution in [0.4, 0.5) is 5.69 Å². The highest BCUT2D eigenvalue weighted by Gasteiger charge is 2.21. The number of amides is 1. The van der Waals surface area contributed by atoms with Crippen molar-refractivity contribution in [2.45, 2.75) is 13.8 Å². The molecule has 2 aromatic carbocycles. The van der Waals surface area contributed by atoms with Gasteiger partial charge in [-0.1, -0.05) is 18.2 Å². The van der Waals surface area contributed by atoms with E-state index in [4.69, 9.17) is 14.2 Å². The molecule has 1 heterocycles. The van der Waals surface area contributed by atoms with Crippen molar-refractivity contribution >= 4 is 17.7 Å². The highest BCUT2D eigenvalue weighted by molar-refractivity contribution is 6.05. The van der Waals surface area contributed by atoms with Crippen LogP contribution in [0.2, 0.25) is 0 Å². The van der Waals surface area contributed by atoms with E-state index < -0.39 is 0 Å². The van der Waals surface area contributed by atoms with Crippen LogP contribution in [0.5, 0.6) is 17.2 Å². The summed E-state index contributed by atoms with van der Waals surface area (Å²) in [6, 6.07) is 13.2. The van der Waals surface area contributed by atoms with E-state index in [1.54, 1.807) is 17.1 Å². The molecule has 0 radical (unpaired) electrons. The maximum absolute atomic E-state index is 12.6. The van der Waals surface area contributed by atoms with Crippen molar-refractivity contribution in [3.63, 3.8) is 0 Å². The van der Waals surface area contributed by atoms with Crippen LogP contribution in [-0.4, -0.2) is 32.3 Å². The summed E-state index contributed by atoms with van der Waals surface area (Å²) in [5.74, 6) is 2.05. The largest absolute Gasteiger partial charge is 0.490 e. The number of benzene rings is 2. The molecule has 5 nitrogen and oxygen atoms in total. The first kappa shape index (κ1) is 17.9. The molecule has 0 saturated heterocycles. The zero-order valence-corrected chi connectivity index (χ0v) is 15.1. The summed E-state index contributed by atoms with van der Waals surface area (Å²) in [6.07, 6.45) is 3.37. The topological polar surface area (TPSA) is 48.0 Å². The van der Waals surface area contributed by atoms with Crippen molar-refractivity contribution in [2.75, 3.05) is 31.3 Å². The number of carbonyl (C=O) groups excluding carboxylic acids is 1. The van der Waals surface area contributed by atoms with Crippen LogP contribution in [0.3, 0.4) is 0 Å². The predicted molar refractivity (Wildman–Crippen MR) is 102 cm³/mol. The van der Waals surface area contributed by atoms with Gasteiger partial charge in [0.25, 0.3) is 5.91 Å². The number of anilines is 1. The Morgan fingerprint density at radius 2 is 1.88 bits per heavy atom. The number of rotatable bonds is 6. The second kappa shape index (κ2) is 8.43. The summed E-state index contributed by atoms with van der Waals surface area (Å²) >= 11 is 0. The summed E-state index contributed by atoms with van der Waals surface area (Å²) in [6.45, 7) is 6.02. The Morgan fingerprint density at radius 3 is 2.69 bits per heavy atom. The quantitative estimate of drug-likeness (QED) is 0.739. The number of fused-ring (bicyclic) bond motifs is 1. The Hall–Kier alpha value is -2.95. The number of nitrogens with zero attached hydrogens (tertiary/aromatic N) is 1. The van der Waals surface area contributed by atoms with Crippen LogP contribution in [0, 0.1) is 0 Å². The Morgan fingerprint density at radius 1 is 1.12 bits per heavy atom. The van der Waals surface area contributed by atoms with E-state index in [0.717, 1.165) is 17.0 Å². The molecule has 0 aromatic heterocycles. The van der Waals surface area contributed by atoms with E-state index >= 15 is 0 Å². The molecule has 0 bridgehead atoms. The molecule has 26 heavy (non-hydrogen) atoms. The van der Waals surface area contributed by atoms with Crippen LogP contribution in [0.25, 0.3) is 6.08 Å². The Labute approximate surface area is 153 Å². The molecule has 0 unspecified atom stereocenters. The second-order valence-electron chi connectivity index (χ2n) is 5.71. The Kier molecular flexibility index (Phi) is 5.79. The molecule has 0 saturated carbocycles. The molecule has 1 aliphatic heterocycles. The molecule has 0 N–H and O–H groups in total. The molecule has 0 atom stereocenters. The molecule has 0 fully saturated rings. The fraction of sp³-hybridized carbons (Fsp3) is 0.286. The van der Waals surface area contributed by atoms with Gasteiger partial charge in [0, 0.05) is 6.08 Å². The van der Waals surface area contributed by atoms with E-state index in [1.807, 2.05) is 56.3 Å². The predicted octanol–water partition coefficient (Wildman–Crippen LogP) is 3.92. The van der Waals surface area contributed by atoms with E-state index in [-0.39, 0.29) is 5.91 Å². The van der Waals surface area contributed by atoms with Gasteiger partial charge in [0.05, 0.1) is 25.4 Å². The van der Waals surface area contributed by atoms with Gasteiger partial charge in [-0.2, -0.15) is 0 Å².